The van der Waals surface area contributed by atoms with E-state index in [0.29, 0.717) is 0 Å². The van der Waals surface area contributed by atoms with Gasteiger partial charge in [0, 0.05) is 6.61 Å². The van der Waals surface area contributed by atoms with E-state index in [1.165, 1.54) is 5.57 Å². The summed E-state index contributed by atoms with van der Waals surface area (Å²) in [7, 11) is 0. The minimum absolute atomic E-state index is 0.273. The summed E-state index contributed by atoms with van der Waals surface area (Å²) in [6, 6.07) is 0. The molecule has 0 radical (unpaired) electrons. The number of ether oxygens (including phenoxy) is 1. The molecule has 1 rings (SSSR count). The van der Waals surface area contributed by atoms with Gasteiger partial charge >= 0.3 is 0 Å². The normalized spacial score (nSPS) is 23.4. The second-order valence-electron chi connectivity index (χ2n) is 2.36. The van der Waals surface area contributed by atoms with Gasteiger partial charge in [0.25, 0.3) is 0 Å². The lowest BCUT2D eigenvalue weighted by Gasteiger charge is -2.11. The molecular weight excluding hydrogens is 124 g/mol. The lowest BCUT2D eigenvalue weighted by molar-refractivity contribution is 0.120. The van der Waals surface area contributed by atoms with Crippen LogP contribution in [0.15, 0.2) is 23.8 Å². The van der Waals surface area contributed by atoms with Gasteiger partial charge in [-0.3, -0.25) is 0 Å². The standard InChI is InChI=1S/C9H14O/c1-3-8-6-5-7-9(8)10-4-2/h5-7,9H,3-4H2,1-2H3. The van der Waals surface area contributed by atoms with Crippen LogP contribution in [-0.4, -0.2) is 12.7 Å². The van der Waals surface area contributed by atoms with Crippen molar-refractivity contribution in [1.82, 2.24) is 0 Å². The largest absolute Gasteiger partial charge is 0.370 e. The average molecular weight is 138 g/mol. The number of hydrogen-bond donors (Lipinski definition) is 0. The van der Waals surface area contributed by atoms with Crippen LogP contribution in [0.5, 0.6) is 0 Å². The highest BCUT2D eigenvalue weighted by atomic mass is 16.5. The highest BCUT2D eigenvalue weighted by Crippen LogP contribution is 2.17. The van der Waals surface area contributed by atoms with Crippen LogP contribution >= 0.6 is 0 Å². The summed E-state index contributed by atoms with van der Waals surface area (Å²) in [6.45, 7) is 4.98. The monoisotopic (exact) mass is 138 g/mol. The molecule has 10 heavy (non-hydrogen) atoms. The smallest absolute Gasteiger partial charge is 0.0972 e. The van der Waals surface area contributed by atoms with Gasteiger partial charge < -0.3 is 4.74 Å². The molecule has 0 saturated carbocycles. The Kier molecular flexibility index (Phi) is 2.69. The molecule has 1 aliphatic carbocycles. The summed E-state index contributed by atoms with van der Waals surface area (Å²) in [5, 5.41) is 0. The van der Waals surface area contributed by atoms with Gasteiger partial charge in [0.15, 0.2) is 0 Å². The van der Waals surface area contributed by atoms with Crippen molar-refractivity contribution in [3.63, 3.8) is 0 Å². The molecular formula is C9H14O. The van der Waals surface area contributed by atoms with Gasteiger partial charge in [-0.15, -0.1) is 0 Å². The fourth-order valence-electron chi connectivity index (χ4n) is 1.16. The summed E-state index contributed by atoms with van der Waals surface area (Å²) in [5.74, 6) is 0. The van der Waals surface area contributed by atoms with Crippen molar-refractivity contribution < 1.29 is 4.74 Å². The minimum Gasteiger partial charge on any atom is -0.370 e. The minimum atomic E-state index is 0.273. The zero-order valence-electron chi connectivity index (χ0n) is 6.63. The molecule has 0 aromatic carbocycles. The lowest BCUT2D eigenvalue weighted by Crippen LogP contribution is -2.09. The fourth-order valence-corrected chi connectivity index (χ4v) is 1.16. The van der Waals surface area contributed by atoms with Crippen molar-refractivity contribution in [3.8, 4) is 0 Å². The molecule has 56 valence electrons. The van der Waals surface area contributed by atoms with Gasteiger partial charge in [0.2, 0.25) is 0 Å². The number of rotatable bonds is 3. The van der Waals surface area contributed by atoms with E-state index in [1.807, 2.05) is 6.92 Å². The van der Waals surface area contributed by atoms with Crippen LogP contribution in [0.1, 0.15) is 20.3 Å². The average Bonchev–Trinajstić information content (AvgIpc) is 2.36. The van der Waals surface area contributed by atoms with Crippen LogP contribution in [0.25, 0.3) is 0 Å². The molecule has 1 unspecified atom stereocenters. The van der Waals surface area contributed by atoms with E-state index in [4.69, 9.17) is 4.74 Å². The van der Waals surface area contributed by atoms with Crippen molar-refractivity contribution in [2.24, 2.45) is 0 Å². The molecule has 0 amide bonds. The lowest BCUT2D eigenvalue weighted by atomic mass is 10.1. The summed E-state index contributed by atoms with van der Waals surface area (Å²) in [5.41, 5.74) is 1.39. The molecule has 0 spiro atoms. The molecule has 0 bridgehead atoms. The maximum absolute atomic E-state index is 5.45. The second kappa shape index (κ2) is 3.57. The quantitative estimate of drug-likeness (QED) is 0.581. The van der Waals surface area contributed by atoms with Gasteiger partial charge in [-0.25, -0.2) is 0 Å². The Bertz CT molecular complexity index is 156. The maximum atomic E-state index is 5.45. The van der Waals surface area contributed by atoms with Crippen LogP contribution < -0.4 is 0 Å². The Morgan fingerprint density at radius 1 is 1.50 bits per heavy atom. The first-order chi connectivity index (χ1) is 4.88. The number of hydrogen-bond acceptors (Lipinski definition) is 1. The van der Waals surface area contributed by atoms with Crippen molar-refractivity contribution in [2.45, 2.75) is 26.4 Å². The molecule has 1 atom stereocenters. The van der Waals surface area contributed by atoms with Crippen molar-refractivity contribution in [1.29, 1.82) is 0 Å². The fraction of sp³-hybridized carbons (Fsp3) is 0.556. The Balaban J connectivity index is 2.45. The summed E-state index contributed by atoms with van der Waals surface area (Å²) in [6.07, 6.45) is 7.68. The van der Waals surface area contributed by atoms with E-state index < -0.39 is 0 Å². The van der Waals surface area contributed by atoms with E-state index in [0.717, 1.165) is 13.0 Å². The summed E-state index contributed by atoms with van der Waals surface area (Å²) < 4.78 is 5.45. The zero-order valence-corrected chi connectivity index (χ0v) is 6.63. The highest BCUT2D eigenvalue weighted by molar-refractivity contribution is 5.28. The first kappa shape index (κ1) is 7.55. The van der Waals surface area contributed by atoms with Crippen molar-refractivity contribution >= 4 is 0 Å². The van der Waals surface area contributed by atoms with Crippen molar-refractivity contribution in [2.75, 3.05) is 6.61 Å². The number of allylic oxidation sites excluding steroid dienone is 2. The maximum Gasteiger partial charge on any atom is 0.0972 e. The highest BCUT2D eigenvalue weighted by Gasteiger charge is 2.11. The molecule has 1 heteroatoms. The molecule has 0 aliphatic heterocycles. The van der Waals surface area contributed by atoms with Crippen LogP contribution in [0.2, 0.25) is 0 Å². The zero-order chi connectivity index (χ0) is 7.40. The van der Waals surface area contributed by atoms with Gasteiger partial charge in [0.1, 0.15) is 0 Å². The molecule has 0 aromatic heterocycles. The third kappa shape index (κ3) is 1.48. The van der Waals surface area contributed by atoms with Gasteiger partial charge in [0.05, 0.1) is 6.10 Å². The Hall–Kier alpha value is -0.560. The van der Waals surface area contributed by atoms with E-state index in [2.05, 4.69) is 25.2 Å². The predicted octanol–water partition coefficient (Wildman–Crippen LogP) is 2.30. The summed E-state index contributed by atoms with van der Waals surface area (Å²) >= 11 is 0. The molecule has 0 N–H and O–H groups in total. The van der Waals surface area contributed by atoms with Crippen LogP contribution in [0, 0.1) is 0 Å². The first-order valence-electron chi connectivity index (χ1n) is 3.87. The topological polar surface area (TPSA) is 9.23 Å². The Labute approximate surface area is 62.4 Å². The van der Waals surface area contributed by atoms with Crippen LogP contribution in [0.4, 0.5) is 0 Å². The third-order valence-corrected chi connectivity index (χ3v) is 1.72. The Morgan fingerprint density at radius 3 is 2.90 bits per heavy atom. The van der Waals surface area contributed by atoms with Gasteiger partial charge in [-0.05, 0) is 18.9 Å². The van der Waals surface area contributed by atoms with E-state index >= 15 is 0 Å². The molecule has 0 fully saturated rings. The first-order valence-corrected chi connectivity index (χ1v) is 3.87. The van der Waals surface area contributed by atoms with Crippen LogP contribution in [0.3, 0.4) is 0 Å². The predicted molar refractivity (Wildman–Crippen MR) is 42.9 cm³/mol. The van der Waals surface area contributed by atoms with E-state index in [1.54, 1.807) is 0 Å². The molecule has 0 aromatic rings. The SMILES string of the molecule is CCOC1C=CC=C1CC. The van der Waals surface area contributed by atoms with E-state index in [-0.39, 0.29) is 6.10 Å². The van der Waals surface area contributed by atoms with E-state index in [9.17, 15) is 0 Å². The van der Waals surface area contributed by atoms with Crippen LogP contribution in [-0.2, 0) is 4.74 Å². The van der Waals surface area contributed by atoms with Crippen molar-refractivity contribution in [3.05, 3.63) is 23.8 Å². The Morgan fingerprint density at radius 2 is 2.30 bits per heavy atom. The van der Waals surface area contributed by atoms with Gasteiger partial charge in [-0.2, -0.15) is 0 Å². The second-order valence-corrected chi connectivity index (χ2v) is 2.36. The molecule has 0 heterocycles. The molecule has 1 aliphatic rings. The van der Waals surface area contributed by atoms with Gasteiger partial charge in [-0.1, -0.05) is 25.2 Å². The summed E-state index contributed by atoms with van der Waals surface area (Å²) in [4.78, 5) is 0. The molecule has 0 saturated heterocycles. The third-order valence-electron chi connectivity index (χ3n) is 1.72. The molecule has 1 nitrogen and oxygen atoms in total.